The first-order valence-corrected chi connectivity index (χ1v) is 11.0. The molecule has 2 N–H and O–H groups in total. The average Bonchev–Trinajstić information content (AvgIpc) is 3.38. The summed E-state index contributed by atoms with van der Waals surface area (Å²) in [6.45, 7) is 0.578. The van der Waals surface area contributed by atoms with Gasteiger partial charge in [-0.1, -0.05) is 18.2 Å². The minimum atomic E-state index is -0.112. The fourth-order valence-electron chi connectivity index (χ4n) is 3.87. The predicted octanol–water partition coefficient (Wildman–Crippen LogP) is 5.13. The van der Waals surface area contributed by atoms with Gasteiger partial charge in [0.2, 0.25) is 0 Å². The zero-order chi connectivity index (χ0) is 21.8. The molecule has 0 bridgehead atoms. The molecule has 0 saturated carbocycles. The lowest BCUT2D eigenvalue weighted by Crippen LogP contribution is -2.15. The van der Waals surface area contributed by atoms with Crippen molar-refractivity contribution in [1.29, 1.82) is 0 Å². The van der Waals surface area contributed by atoms with Crippen LogP contribution in [0.5, 0.6) is 17.2 Å². The first-order chi connectivity index (χ1) is 15.1. The monoisotopic (exact) mass is 438 g/mol. The van der Waals surface area contributed by atoms with E-state index >= 15 is 0 Å². The van der Waals surface area contributed by atoms with Crippen LogP contribution in [0.1, 0.15) is 32.8 Å². The van der Waals surface area contributed by atoms with Gasteiger partial charge in [0, 0.05) is 11.4 Å². The van der Waals surface area contributed by atoms with E-state index < -0.39 is 0 Å². The minimum Gasteiger partial charge on any atom is -0.495 e. The lowest BCUT2D eigenvalue weighted by Gasteiger charge is -2.13. The molecule has 1 aliphatic rings. The Labute approximate surface area is 186 Å². The number of benzene rings is 2. The number of carbonyl (C=O) groups excluding carboxylic acids is 1. The number of thiophene rings is 1. The first-order valence-electron chi connectivity index (χ1n) is 10.2. The molecule has 2 aromatic carbocycles. The van der Waals surface area contributed by atoms with Gasteiger partial charge in [0.05, 0.1) is 32.6 Å². The largest absolute Gasteiger partial charge is 0.495 e. The standard InChI is InChI=1S/C24H26N2O4S/c1-28-18-9-5-4-8-17(18)26-23(27)22-16-7-6-10-21(16)31-24(22)25-14-15-11-12-19(29-2)20(13-15)30-3/h4-5,8-9,11-13,25H,6-7,10,14H2,1-3H3,(H,26,27). The van der Waals surface area contributed by atoms with Gasteiger partial charge in [-0.15, -0.1) is 11.3 Å². The summed E-state index contributed by atoms with van der Waals surface area (Å²) < 4.78 is 16.1. The van der Waals surface area contributed by atoms with Crippen LogP contribution in [0.25, 0.3) is 0 Å². The number of ether oxygens (including phenoxy) is 3. The van der Waals surface area contributed by atoms with E-state index in [9.17, 15) is 4.79 Å². The molecule has 0 aliphatic heterocycles. The van der Waals surface area contributed by atoms with Gasteiger partial charge in [-0.25, -0.2) is 0 Å². The predicted molar refractivity (Wildman–Crippen MR) is 124 cm³/mol. The second kappa shape index (κ2) is 9.31. The fraction of sp³-hybridized carbons (Fsp3) is 0.292. The third-order valence-electron chi connectivity index (χ3n) is 5.40. The number of para-hydroxylation sites is 2. The van der Waals surface area contributed by atoms with Crippen LogP contribution in [-0.2, 0) is 19.4 Å². The lowest BCUT2D eigenvalue weighted by atomic mass is 10.1. The third kappa shape index (κ3) is 4.32. The van der Waals surface area contributed by atoms with E-state index in [1.54, 1.807) is 32.7 Å². The van der Waals surface area contributed by atoms with Crippen molar-refractivity contribution < 1.29 is 19.0 Å². The van der Waals surface area contributed by atoms with E-state index in [0.717, 1.165) is 41.0 Å². The third-order valence-corrected chi connectivity index (χ3v) is 6.65. The molecule has 1 aliphatic carbocycles. The number of rotatable bonds is 8. The van der Waals surface area contributed by atoms with Crippen molar-refractivity contribution in [2.75, 3.05) is 32.0 Å². The minimum absolute atomic E-state index is 0.112. The van der Waals surface area contributed by atoms with Crippen LogP contribution in [0.2, 0.25) is 0 Å². The fourth-order valence-corrected chi connectivity index (χ4v) is 5.16. The Hall–Kier alpha value is -3.19. The Kier molecular flexibility index (Phi) is 6.32. The maximum Gasteiger partial charge on any atom is 0.259 e. The summed E-state index contributed by atoms with van der Waals surface area (Å²) in [6.07, 6.45) is 3.04. The van der Waals surface area contributed by atoms with Crippen LogP contribution in [0.4, 0.5) is 10.7 Å². The van der Waals surface area contributed by atoms with Gasteiger partial charge >= 0.3 is 0 Å². The van der Waals surface area contributed by atoms with Gasteiger partial charge in [0.25, 0.3) is 5.91 Å². The molecule has 0 saturated heterocycles. The summed E-state index contributed by atoms with van der Waals surface area (Å²) >= 11 is 1.68. The Balaban J connectivity index is 1.57. The van der Waals surface area contributed by atoms with Gasteiger partial charge < -0.3 is 24.8 Å². The molecule has 31 heavy (non-hydrogen) atoms. The highest BCUT2D eigenvalue weighted by Crippen LogP contribution is 2.40. The van der Waals surface area contributed by atoms with Crippen molar-refractivity contribution in [2.24, 2.45) is 0 Å². The van der Waals surface area contributed by atoms with Gasteiger partial charge in [0.15, 0.2) is 11.5 Å². The number of nitrogens with one attached hydrogen (secondary N) is 2. The maximum absolute atomic E-state index is 13.3. The Morgan fingerprint density at radius 1 is 0.968 bits per heavy atom. The van der Waals surface area contributed by atoms with Crippen molar-refractivity contribution in [1.82, 2.24) is 0 Å². The zero-order valence-electron chi connectivity index (χ0n) is 17.9. The molecule has 1 aromatic heterocycles. The maximum atomic E-state index is 13.3. The first kappa shape index (κ1) is 21.1. The van der Waals surface area contributed by atoms with Gasteiger partial charge in [-0.05, 0) is 54.7 Å². The summed E-state index contributed by atoms with van der Waals surface area (Å²) in [7, 11) is 4.85. The van der Waals surface area contributed by atoms with Crippen LogP contribution in [0, 0.1) is 0 Å². The van der Waals surface area contributed by atoms with Crippen molar-refractivity contribution in [3.05, 3.63) is 64.0 Å². The molecule has 0 radical (unpaired) electrons. The van der Waals surface area contributed by atoms with Crippen LogP contribution >= 0.6 is 11.3 Å². The number of carbonyl (C=O) groups is 1. The van der Waals surface area contributed by atoms with Crippen LogP contribution < -0.4 is 24.8 Å². The number of aryl methyl sites for hydroxylation is 1. The normalized spacial score (nSPS) is 12.2. The molecule has 0 fully saturated rings. The van der Waals surface area contributed by atoms with E-state index in [1.165, 1.54) is 4.88 Å². The summed E-state index contributed by atoms with van der Waals surface area (Å²) in [5, 5.41) is 7.40. The molecule has 6 nitrogen and oxygen atoms in total. The number of methoxy groups -OCH3 is 3. The highest BCUT2D eigenvalue weighted by atomic mass is 32.1. The van der Waals surface area contributed by atoms with Crippen LogP contribution in [-0.4, -0.2) is 27.2 Å². The van der Waals surface area contributed by atoms with Gasteiger partial charge in [-0.2, -0.15) is 0 Å². The highest BCUT2D eigenvalue weighted by Gasteiger charge is 2.27. The second-order valence-electron chi connectivity index (χ2n) is 7.26. The molecule has 0 unspecified atom stereocenters. The SMILES string of the molecule is COc1ccccc1NC(=O)c1c(NCc2ccc(OC)c(OC)c2)sc2c1CCC2. The summed E-state index contributed by atoms with van der Waals surface area (Å²) in [6, 6.07) is 13.3. The van der Waals surface area contributed by atoms with Crippen molar-refractivity contribution >= 4 is 27.9 Å². The zero-order valence-corrected chi connectivity index (χ0v) is 18.7. The highest BCUT2D eigenvalue weighted by molar-refractivity contribution is 7.16. The number of anilines is 2. The van der Waals surface area contributed by atoms with Gasteiger partial charge in [0.1, 0.15) is 10.8 Å². The molecule has 1 amide bonds. The lowest BCUT2D eigenvalue weighted by molar-refractivity contribution is 0.102. The van der Waals surface area contributed by atoms with Gasteiger partial charge in [-0.3, -0.25) is 4.79 Å². The molecule has 162 valence electrons. The smallest absolute Gasteiger partial charge is 0.259 e. The molecule has 1 heterocycles. The molecule has 7 heteroatoms. The Morgan fingerprint density at radius 3 is 2.52 bits per heavy atom. The molecule has 3 aromatic rings. The molecule has 0 atom stereocenters. The number of hydrogen-bond acceptors (Lipinski definition) is 6. The second-order valence-corrected chi connectivity index (χ2v) is 8.36. The Bertz CT molecular complexity index is 1090. The Morgan fingerprint density at radius 2 is 1.74 bits per heavy atom. The average molecular weight is 439 g/mol. The summed E-state index contributed by atoms with van der Waals surface area (Å²) in [5.74, 6) is 1.91. The van der Waals surface area contributed by atoms with E-state index in [2.05, 4.69) is 10.6 Å². The quantitative estimate of drug-likeness (QED) is 0.510. The topological polar surface area (TPSA) is 68.8 Å². The van der Waals surface area contributed by atoms with Crippen LogP contribution in [0.3, 0.4) is 0 Å². The molecule has 4 rings (SSSR count). The summed E-state index contributed by atoms with van der Waals surface area (Å²) in [4.78, 5) is 14.6. The van der Waals surface area contributed by atoms with E-state index in [0.29, 0.717) is 29.5 Å². The number of fused-ring (bicyclic) bond motifs is 1. The van der Waals surface area contributed by atoms with Crippen LogP contribution in [0.15, 0.2) is 42.5 Å². The number of amides is 1. The van der Waals surface area contributed by atoms with E-state index in [-0.39, 0.29) is 5.91 Å². The molecule has 0 spiro atoms. The summed E-state index contributed by atoms with van der Waals surface area (Å²) in [5.41, 5.74) is 3.61. The van der Waals surface area contributed by atoms with Crippen molar-refractivity contribution in [3.8, 4) is 17.2 Å². The van der Waals surface area contributed by atoms with E-state index in [1.807, 2.05) is 42.5 Å². The van der Waals surface area contributed by atoms with Crippen molar-refractivity contribution in [2.45, 2.75) is 25.8 Å². The molecular weight excluding hydrogens is 412 g/mol. The van der Waals surface area contributed by atoms with E-state index in [4.69, 9.17) is 14.2 Å². The number of hydrogen-bond donors (Lipinski definition) is 2. The molecular formula is C24H26N2O4S. The van der Waals surface area contributed by atoms with Crippen molar-refractivity contribution in [3.63, 3.8) is 0 Å².